The Balaban J connectivity index is 2.04. The van der Waals surface area contributed by atoms with Crippen molar-refractivity contribution in [3.63, 3.8) is 0 Å². The van der Waals surface area contributed by atoms with Crippen LogP contribution in [0.4, 0.5) is 23.2 Å². The molecule has 8 heteroatoms. The summed E-state index contributed by atoms with van der Waals surface area (Å²) in [4.78, 5) is 15.1. The van der Waals surface area contributed by atoms with Crippen molar-refractivity contribution < 1.29 is 17.6 Å². The molecule has 30 heavy (non-hydrogen) atoms. The maximum absolute atomic E-state index is 14.8. The van der Waals surface area contributed by atoms with Crippen molar-refractivity contribution in [3.8, 4) is 34.2 Å². The van der Waals surface area contributed by atoms with E-state index in [1.54, 1.807) is 60.7 Å². The summed E-state index contributed by atoms with van der Waals surface area (Å²) >= 11 is 0. The van der Waals surface area contributed by atoms with Crippen molar-refractivity contribution in [2.24, 2.45) is 0 Å². The average molecular weight is 406 g/mol. The SMILES string of the molecule is [C-]#[N+]c1c(F)c(F)c(F)c(-c2nc(-c3ccccc3)nc(-c3ccccc3)n2)c1F. The number of hydrogen-bond donors (Lipinski definition) is 0. The van der Waals surface area contributed by atoms with Gasteiger partial charge in [0.1, 0.15) is 5.82 Å². The Morgan fingerprint density at radius 2 is 1.03 bits per heavy atom. The zero-order chi connectivity index (χ0) is 21.3. The third kappa shape index (κ3) is 3.26. The van der Waals surface area contributed by atoms with Crippen LogP contribution in [0.25, 0.3) is 39.0 Å². The molecule has 0 aliphatic carbocycles. The van der Waals surface area contributed by atoms with Gasteiger partial charge in [-0.15, -0.1) is 0 Å². The van der Waals surface area contributed by atoms with Gasteiger partial charge in [0.25, 0.3) is 5.69 Å². The van der Waals surface area contributed by atoms with Crippen LogP contribution in [0.15, 0.2) is 60.7 Å². The zero-order valence-corrected chi connectivity index (χ0v) is 15.1. The third-order valence-corrected chi connectivity index (χ3v) is 4.27. The Labute approximate surface area is 168 Å². The van der Waals surface area contributed by atoms with Crippen molar-refractivity contribution in [1.82, 2.24) is 15.0 Å². The van der Waals surface area contributed by atoms with Crippen LogP contribution in [0, 0.1) is 29.8 Å². The lowest BCUT2D eigenvalue weighted by atomic mass is 10.1. The predicted molar refractivity (Wildman–Crippen MR) is 102 cm³/mol. The highest BCUT2D eigenvalue weighted by Gasteiger charge is 2.28. The second-order valence-corrected chi connectivity index (χ2v) is 6.13. The van der Waals surface area contributed by atoms with Crippen LogP contribution in [0.2, 0.25) is 0 Å². The Kier molecular flexibility index (Phi) is 4.94. The molecule has 0 radical (unpaired) electrons. The van der Waals surface area contributed by atoms with Gasteiger partial charge in [-0.05, 0) is 0 Å². The van der Waals surface area contributed by atoms with E-state index in [0.717, 1.165) is 0 Å². The molecule has 4 nitrogen and oxygen atoms in total. The first kappa shape index (κ1) is 19.2. The Hall–Kier alpha value is -4.12. The summed E-state index contributed by atoms with van der Waals surface area (Å²) in [6, 6.07) is 17.1. The summed E-state index contributed by atoms with van der Waals surface area (Å²) in [6.07, 6.45) is 0. The highest BCUT2D eigenvalue weighted by Crippen LogP contribution is 2.36. The van der Waals surface area contributed by atoms with Crippen LogP contribution in [-0.2, 0) is 0 Å². The molecular weight excluding hydrogens is 396 g/mol. The maximum atomic E-state index is 14.8. The van der Waals surface area contributed by atoms with Crippen LogP contribution in [0.1, 0.15) is 0 Å². The fourth-order valence-corrected chi connectivity index (χ4v) is 2.84. The number of hydrogen-bond acceptors (Lipinski definition) is 3. The fourth-order valence-electron chi connectivity index (χ4n) is 2.84. The normalized spacial score (nSPS) is 10.6. The van der Waals surface area contributed by atoms with E-state index in [2.05, 4.69) is 19.8 Å². The molecular formula is C22H10F4N4. The van der Waals surface area contributed by atoms with E-state index >= 15 is 0 Å². The molecule has 4 aromatic rings. The molecule has 0 saturated carbocycles. The Morgan fingerprint density at radius 1 is 0.567 bits per heavy atom. The van der Waals surface area contributed by atoms with Gasteiger partial charge < -0.3 is 0 Å². The minimum absolute atomic E-state index is 0.0762. The van der Waals surface area contributed by atoms with Gasteiger partial charge in [0.05, 0.1) is 12.1 Å². The molecule has 0 aliphatic heterocycles. The maximum Gasteiger partial charge on any atom is 0.260 e. The van der Waals surface area contributed by atoms with Gasteiger partial charge in [-0.3, -0.25) is 0 Å². The summed E-state index contributed by atoms with van der Waals surface area (Å²) < 4.78 is 57.1. The van der Waals surface area contributed by atoms with Crippen LogP contribution in [0.3, 0.4) is 0 Å². The number of halogens is 4. The van der Waals surface area contributed by atoms with Crippen LogP contribution < -0.4 is 0 Å². The molecule has 0 aliphatic rings. The van der Waals surface area contributed by atoms with Gasteiger partial charge in [-0.1, -0.05) is 60.7 Å². The Morgan fingerprint density at radius 3 is 1.50 bits per heavy atom. The van der Waals surface area contributed by atoms with Gasteiger partial charge in [0.15, 0.2) is 34.9 Å². The first-order chi connectivity index (χ1) is 14.5. The predicted octanol–water partition coefficient (Wildman–Crippen LogP) is 5.98. The largest absolute Gasteiger partial charge is 0.260 e. The number of rotatable bonds is 3. The van der Waals surface area contributed by atoms with Crippen molar-refractivity contribution in [2.75, 3.05) is 0 Å². The van der Waals surface area contributed by atoms with Crippen LogP contribution >= 0.6 is 0 Å². The minimum Gasteiger partial charge on any atom is -0.232 e. The lowest BCUT2D eigenvalue weighted by molar-refractivity contribution is 0.441. The monoisotopic (exact) mass is 406 g/mol. The number of nitrogens with zero attached hydrogens (tertiary/aromatic N) is 4. The minimum atomic E-state index is -1.97. The lowest BCUT2D eigenvalue weighted by Crippen LogP contribution is -2.05. The quantitative estimate of drug-likeness (QED) is 0.182. The molecule has 0 N–H and O–H groups in total. The molecule has 146 valence electrons. The summed E-state index contributed by atoms with van der Waals surface area (Å²) in [5.74, 6) is -7.67. The fraction of sp³-hybridized carbons (Fsp3) is 0. The van der Waals surface area contributed by atoms with Crippen molar-refractivity contribution in [3.05, 3.63) is 95.3 Å². The van der Waals surface area contributed by atoms with Crippen LogP contribution in [-0.4, -0.2) is 15.0 Å². The van der Waals surface area contributed by atoms with Crippen LogP contribution in [0.5, 0.6) is 0 Å². The summed E-state index contributed by atoms with van der Waals surface area (Å²) in [5, 5.41) is 0. The summed E-state index contributed by atoms with van der Waals surface area (Å²) in [6.45, 7) is 6.91. The molecule has 0 unspecified atom stereocenters. The molecule has 4 rings (SSSR count). The van der Waals surface area contributed by atoms with Crippen molar-refractivity contribution in [2.45, 2.75) is 0 Å². The van der Waals surface area contributed by atoms with E-state index in [9.17, 15) is 17.6 Å². The molecule has 0 atom stereocenters. The summed E-state index contributed by atoms with van der Waals surface area (Å²) in [7, 11) is 0. The molecule has 0 amide bonds. The molecule has 0 spiro atoms. The van der Waals surface area contributed by atoms with Gasteiger partial charge >= 0.3 is 0 Å². The van der Waals surface area contributed by atoms with Crippen molar-refractivity contribution >= 4 is 5.69 Å². The molecule has 1 heterocycles. The van der Waals surface area contributed by atoms with Crippen molar-refractivity contribution in [1.29, 1.82) is 0 Å². The van der Waals surface area contributed by atoms with Gasteiger partial charge in [0, 0.05) is 11.1 Å². The van der Waals surface area contributed by atoms with E-state index in [0.29, 0.717) is 11.1 Å². The number of benzene rings is 3. The summed E-state index contributed by atoms with van der Waals surface area (Å²) in [5.41, 5.74) is -1.26. The lowest BCUT2D eigenvalue weighted by Gasteiger charge is -2.11. The van der Waals surface area contributed by atoms with E-state index < -0.39 is 40.3 Å². The van der Waals surface area contributed by atoms with Gasteiger partial charge in [0.2, 0.25) is 0 Å². The van der Waals surface area contributed by atoms with Gasteiger partial charge in [-0.2, -0.15) is 0 Å². The second-order valence-electron chi connectivity index (χ2n) is 6.13. The highest BCUT2D eigenvalue weighted by atomic mass is 19.2. The molecule has 0 fully saturated rings. The Bertz CT molecular complexity index is 1230. The molecule has 0 bridgehead atoms. The van der Waals surface area contributed by atoms with E-state index in [-0.39, 0.29) is 11.6 Å². The van der Waals surface area contributed by atoms with E-state index in [1.165, 1.54) is 0 Å². The standard InChI is InChI=1S/C22H10F4N4/c1-27-19-16(24)14(15(23)17(25)18(19)26)22-29-20(12-8-4-2-5-9-12)28-21(30-22)13-10-6-3-7-11-13/h2-11H. The van der Waals surface area contributed by atoms with E-state index in [4.69, 9.17) is 6.57 Å². The average Bonchev–Trinajstić information content (AvgIpc) is 2.79. The molecule has 1 aromatic heterocycles. The molecule has 3 aromatic carbocycles. The first-order valence-electron chi connectivity index (χ1n) is 8.62. The smallest absolute Gasteiger partial charge is 0.232 e. The molecule has 0 saturated heterocycles. The third-order valence-electron chi connectivity index (χ3n) is 4.27. The van der Waals surface area contributed by atoms with E-state index in [1.807, 2.05) is 0 Å². The topological polar surface area (TPSA) is 43.0 Å². The first-order valence-corrected chi connectivity index (χ1v) is 8.62. The zero-order valence-electron chi connectivity index (χ0n) is 15.1. The highest BCUT2D eigenvalue weighted by molar-refractivity contribution is 5.70. The number of aromatic nitrogens is 3. The second kappa shape index (κ2) is 7.72. The van der Waals surface area contributed by atoms with Gasteiger partial charge in [-0.25, -0.2) is 37.4 Å².